The van der Waals surface area contributed by atoms with Crippen molar-refractivity contribution in [3.05, 3.63) is 16.5 Å². The maximum atomic E-state index is 6.28. The highest BCUT2D eigenvalue weighted by Crippen LogP contribution is 2.31. The molecule has 0 bridgehead atoms. The minimum absolute atomic E-state index is 0.616. The lowest BCUT2D eigenvalue weighted by Gasteiger charge is -2.30. The van der Waals surface area contributed by atoms with Crippen molar-refractivity contribution < 1.29 is 0 Å². The average molecular weight is 282 g/mol. The molecule has 0 saturated heterocycles. The Kier molecular flexibility index (Phi) is 5.03. The van der Waals surface area contributed by atoms with E-state index in [0.717, 1.165) is 36.6 Å². The van der Waals surface area contributed by atoms with Crippen LogP contribution in [0.25, 0.3) is 0 Å². The van der Waals surface area contributed by atoms with Crippen LogP contribution in [-0.2, 0) is 6.42 Å². The first-order valence-electron chi connectivity index (χ1n) is 7.47. The number of aromatic nitrogens is 2. The first-order chi connectivity index (χ1) is 9.17. The molecule has 1 aliphatic carbocycles. The number of rotatable bonds is 5. The highest BCUT2D eigenvalue weighted by Gasteiger charge is 2.25. The zero-order valence-electron chi connectivity index (χ0n) is 12.2. The first kappa shape index (κ1) is 14.6. The Bertz CT molecular complexity index is 428. The lowest BCUT2D eigenvalue weighted by Crippen LogP contribution is -2.34. The van der Waals surface area contributed by atoms with E-state index in [2.05, 4.69) is 23.7 Å². The number of aryl methyl sites for hydroxylation is 1. The summed E-state index contributed by atoms with van der Waals surface area (Å²) in [6, 6.07) is 0.629. The van der Waals surface area contributed by atoms with Crippen molar-refractivity contribution in [2.75, 3.05) is 11.4 Å². The zero-order valence-corrected chi connectivity index (χ0v) is 13.0. The van der Waals surface area contributed by atoms with Gasteiger partial charge in [0, 0.05) is 24.6 Å². The summed E-state index contributed by atoms with van der Waals surface area (Å²) in [5.41, 5.74) is 1.02. The Hall–Kier alpha value is -0.830. The van der Waals surface area contributed by atoms with Crippen molar-refractivity contribution in [3.8, 4) is 0 Å². The molecule has 0 amide bonds. The van der Waals surface area contributed by atoms with E-state index in [9.17, 15) is 0 Å². The summed E-state index contributed by atoms with van der Waals surface area (Å²) in [6.45, 7) is 7.37. The molecule has 0 spiro atoms. The molecule has 0 atom stereocenters. The topological polar surface area (TPSA) is 29.0 Å². The standard InChI is InChI=1S/C15H24ClN3/c1-4-8-13-17-14(16)11(3)15(18-13)19(5-2)12-9-6-7-10-12/h12H,4-10H2,1-3H3. The Morgan fingerprint density at radius 2 is 1.89 bits per heavy atom. The second-order valence-corrected chi connectivity index (χ2v) is 5.71. The van der Waals surface area contributed by atoms with E-state index in [0.29, 0.717) is 11.2 Å². The molecule has 1 aromatic rings. The molecule has 1 fully saturated rings. The minimum atomic E-state index is 0.616. The fourth-order valence-corrected chi connectivity index (χ4v) is 3.11. The fourth-order valence-electron chi connectivity index (χ4n) is 2.93. The van der Waals surface area contributed by atoms with Gasteiger partial charge in [-0.15, -0.1) is 0 Å². The van der Waals surface area contributed by atoms with Crippen molar-refractivity contribution in [2.45, 2.75) is 65.3 Å². The molecule has 2 rings (SSSR count). The van der Waals surface area contributed by atoms with Crippen molar-refractivity contribution >= 4 is 17.4 Å². The molecule has 0 radical (unpaired) electrons. The summed E-state index contributed by atoms with van der Waals surface area (Å²) in [7, 11) is 0. The van der Waals surface area contributed by atoms with Gasteiger partial charge < -0.3 is 4.90 Å². The predicted octanol–water partition coefficient (Wildman–Crippen LogP) is 4.16. The molecule has 1 aromatic heterocycles. The molecule has 0 unspecified atom stereocenters. The fraction of sp³-hybridized carbons (Fsp3) is 0.733. The Morgan fingerprint density at radius 3 is 2.47 bits per heavy atom. The molecular weight excluding hydrogens is 258 g/mol. The summed E-state index contributed by atoms with van der Waals surface area (Å²) in [4.78, 5) is 11.6. The second kappa shape index (κ2) is 6.56. The van der Waals surface area contributed by atoms with Gasteiger partial charge in [-0.3, -0.25) is 0 Å². The zero-order chi connectivity index (χ0) is 13.8. The summed E-state index contributed by atoms with van der Waals surface area (Å²) in [5, 5.41) is 0.616. The quantitative estimate of drug-likeness (QED) is 0.759. The number of hydrogen-bond donors (Lipinski definition) is 0. The van der Waals surface area contributed by atoms with Gasteiger partial charge in [0.15, 0.2) is 0 Å². The first-order valence-corrected chi connectivity index (χ1v) is 7.84. The molecule has 0 N–H and O–H groups in total. The number of halogens is 1. The Balaban J connectivity index is 2.34. The number of hydrogen-bond acceptors (Lipinski definition) is 3. The van der Waals surface area contributed by atoms with E-state index in [1.54, 1.807) is 0 Å². The maximum Gasteiger partial charge on any atom is 0.137 e. The van der Waals surface area contributed by atoms with Gasteiger partial charge in [0.2, 0.25) is 0 Å². The molecule has 0 aromatic carbocycles. The van der Waals surface area contributed by atoms with E-state index in [4.69, 9.17) is 16.6 Å². The van der Waals surface area contributed by atoms with Crippen LogP contribution in [0.5, 0.6) is 0 Å². The summed E-state index contributed by atoms with van der Waals surface area (Å²) >= 11 is 6.28. The third-order valence-electron chi connectivity index (χ3n) is 3.96. The van der Waals surface area contributed by atoms with Gasteiger partial charge in [0.25, 0.3) is 0 Å². The lowest BCUT2D eigenvalue weighted by molar-refractivity contribution is 0.608. The van der Waals surface area contributed by atoms with Crippen molar-refractivity contribution in [1.82, 2.24) is 9.97 Å². The second-order valence-electron chi connectivity index (χ2n) is 5.35. The van der Waals surface area contributed by atoms with Crippen LogP contribution in [0.15, 0.2) is 0 Å². The highest BCUT2D eigenvalue weighted by molar-refractivity contribution is 6.30. The van der Waals surface area contributed by atoms with Crippen LogP contribution in [0, 0.1) is 6.92 Å². The van der Waals surface area contributed by atoms with Gasteiger partial charge in [0.05, 0.1) is 0 Å². The Labute approximate surface area is 121 Å². The molecule has 1 aliphatic rings. The van der Waals surface area contributed by atoms with E-state index in [1.807, 2.05) is 6.92 Å². The SMILES string of the molecule is CCCc1nc(Cl)c(C)c(N(CC)C2CCCC2)n1. The van der Waals surface area contributed by atoms with E-state index in [-0.39, 0.29) is 0 Å². The van der Waals surface area contributed by atoms with Crippen LogP contribution in [0.3, 0.4) is 0 Å². The van der Waals surface area contributed by atoms with Crippen LogP contribution < -0.4 is 4.90 Å². The molecule has 106 valence electrons. The van der Waals surface area contributed by atoms with Crippen molar-refractivity contribution in [3.63, 3.8) is 0 Å². The van der Waals surface area contributed by atoms with E-state index >= 15 is 0 Å². The molecule has 3 nitrogen and oxygen atoms in total. The Morgan fingerprint density at radius 1 is 1.21 bits per heavy atom. The minimum Gasteiger partial charge on any atom is -0.354 e. The van der Waals surface area contributed by atoms with Crippen LogP contribution in [0.2, 0.25) is 5.15 Å². The van der Waals surface area contributed by atoms with Crippen molar-refractivity contribution in [1.29, 1.82) is 0 Å². The van der Waals surface area contributed by atoms with E-state index < -0.39 is 0 Å². The molecule has 4 heteroatoms. The predicted molar refractivity (Wildman–Crippen MR) is 81.1 cm³/mol. The summed E-state index contributed by atoms with van der Waals surface area (Å²) < 4.78 is 0. The number of anilines is 1. The molecule has 0 aliphatic heterocycles. The monoisotopic (exact) mass is 281 g/mol. The van der Waals surface area contributed by atoms with Gasteiger partial charge in [-0.05, 0) is 33.1 Å². The van der Waals surface area contributed by atoms with Gasteiger partial charge in [0.1, 0.15) is 16.8 Å². The molecule has 1 saturated carbocycles. The third-order valence-corrected chi connectivity index (χ3v) is 4.33. The van der Waals surface area contributed by atoms with Crippen LogP contribution in [0.1, 0.15) is 57.3 Å². The smallest absolute Gasteiger partial charge is 0.137 e. The number of nitrogens with zero attached hydrogens (tertiary/aromatic N) is 3. The maximum absolute atomic E-state index is 6.28. The highest BCUT2D eigenvalue weighted by atomic mass is 35.5. The van der Waals surface area contributed by atoms with Gasteiger partial charge >= 0.3 is 0 Å². The van der Waals surface area contributed by atoms with Gasteiger partial charge in [-0.1, -0.05) is 31.4 Å². The van der Waals surface area contributed by atoms with Crippen LogP contribution >= 0.6 is 11.6 Å². The largest absolute Gasteiger partial charge is 0.354 e. The third kappa shape index (κ3) is 3.19. The normalized spacial score (nSPS) is 16.0. The average Bonchev–Trinajstić information content (AvgIpc) is 2.90. The lowest BCUT2D eigenvalue weighted by atomic mass is 10.2. The van der Waals surface area contributed by atoms with Crippen LogP contribution in [0.4, 0.5) is 5.82 Å². The summed E-state index contributed by atoms with van der Waals surface area (Å²) in [5.74, 6) is 1.93. The van der Waals surface area contributed by atoms with Crippen molar-refractivity contribution in [2.24, 2.45) is 0 Å². The van der Waals surface area contributed by atoms with Crippen LogP contribution in [-0.4, -0.2) is 22.6 Å². The van der Waals surface area contributed by atoms with Gasteiger partial charge in [-0.2, -0.15) is 0 Å². The van der Waals surface area contributed by atoms with Gasteiger partial charge in [-0.25, -0.2) is 9.97 Å². The van der Waals surface area contributed by atoms with E-state index in [1.165, 1.54) is 25.7 Å². The molecule has 19 heavy (non-hydrogen) atoms. The molecule has 1 heterocycles. The molecular formula is C15H24ClN3. The summed E-state index contributed by atoms with van der Waals surface area (Å²) in [6.07, 6.45) is 7.17.